The predicted molar refractivity (Wildman–Crippen MR) is 105 cm³/mol. The molecule has 0 aliphatic carbocycles. The van der Waals surface area contributed by atoms with Gasteiger partial charge in [0.15, 0.2) is 0 Å². The number of hydrogen-bond donors (Lipinski definition) is 1. The normalized spacial score (nSPS) is 18.5. The number of halogens is 3. The highest BCUT2D eigenvalue weighted by atomic mass is 19.1. The number of benzene rings is 2. The van der Waals surface area contributed by atoms with Gasteiger partial charge in [0.05, 0.1) is 0 Å². The van der Waals surface area contributed by atoms with Crippen LogP contribution in [0.15, 0.2) is 54.5 Å². The molecule has 3 amide bonds. The van der Waals surface area contributed by atoms with Crippen molar-refractivity contribution in [2.24, 2.45) is 0 Å². The maximum Gasteiger partial charge on any atom is 0.413 e. The number of amides is 3. The van der Waals surface area contributed by atoms with Gasteiger partial charge in [-0.3, -0.25) is 19.4 Å². The van der Waals surface area contributed by atoms with E-state index < -0.39 is 41.4 Å². The van der Waals surface area contributed by atoms with Crippen molar-refractivity contribution in [3.8, 4) is 0 Å². The van der Waals surface area contributed by atoms with Crippen LogP contribution in [0.5, 0.6) is 0 Å². The number of nitrogens with zero attached hydrogens (tertiary/aromatic N) is 3. The average molecular weight is 445 g/mol. The quantitative estimate of drug-likeness (QED) is 0.784. The number of carbonyl (C=O) groups is 3. The molecule has 2 aromatic carbocycles. The van der Waals surface area contributed by atoms with E-state index in [2.05, 4.69) is 0 Å². The third-order valence-electron chi connectivity index (χ3n) is 5.41. The van der Waals surface area contributed by atoms with Crippen LogP contribution < -0.4 is 0 Å². The molecule has 1 saturated heterocycles. The summed E-state index contributed by atoms with van der Waals surface area (Å²) in [6.45, 7) is -0.0956. The zero-order valence-electron chi connectivity index (χ0n) is 16.7. The molecule has 2 aliphatic heterocycles. The molecule has 7 nitrogen and oxygen atoms in total. The lowest BCUT2D eigenvalue weighted by Gasteiger charge is -2.45. The molecule has 0 spiro atoms. The Bertz CT molecular complexity index is 1140. The Kier molecular flexibility index (Phi) is 5.60. The van der Waals surface area contributed by atoms with Gasteiger partial charge in [0.2, 0.25) is 5.91 Å². The topological polar surface area (TPSA) is 81.2 Å². The SMILES string of the molecule is O=C1[C@H](c2ccc(F)cc2F)N2C(=O)CCN(C(=O)O)C2=CN1CCc1cccc(F)c1. The van der Waals surface area contributed by atoms with E-state index in [0.29, 0.717) is 11.6 Å². The number of hydrogen-bond acceptors (Lipinski definition) is 3. The van der Waals surface area contributed by atoms with Crippen molar-refractivity contribution in [1.29, 1.82) is 0 Å². The number of fused-ring (bicyclic) bond motifs is 1. The number of carboxylic acid groups (broad SMARTS) is 1. The Hall–Kier alpha value is -3.82. The van der Waals surface area contributed by atoms with E-state index in [-0.39, 0.29) is 37.3 Å². The molecule has 2 heterocycles. The smallest absolute Gasteiger partial charge is 0.413 e. The Morgan fingerprint density at radius 1 is 1.06 bits per heavy atom. The van der Waals surface area contributed by atoms with E-state index in [1.54, 1.807) is 6.07 Å². The number of rotatable bonds is 4. The van der Waals surface area contributed by atoms with Crippen molar-refractivity contribution in [2.75, 3.05) is 13.1 Å². The summed E-state index contributed by atoms with van der Waals surface area (Å²) in [7, 11) is 0. The summed E-state index contributed by atoms with van der Waals surface area (Å²) in [6.07, 6.45) is -0.0801. The van der Waals surface area contributed by atoms with Gasteiger partial charge >= 0.3 is 6.09 Å². The second kappa shape index (κ2) is 8.37. The molecule has 0 saturated carbocycles. The molecule has 0 radical (unpaired) electrons. The van der Waals surface area contributed by atoms with Crippen LogP contribution in [0.3, 0.4) is 0 Å². The summed E-state index contributed by atoms with van der Waals surface area (Å²) in [5.41, 5.74) is 0.344. The zero-order valence-corrected chi connectivity index (χ0v) is 16.7. The third-order valence-corrected chi connectivity index (χ3v) is 5.41. The van der Waals surface area contributed by atoms with Gasteiger partial charge in [-0.05, 0) is 30.2 Å². The van der Waals surface area contributed by atoms with Gasteiger partial charge in [-0.15, -0.1) is 0 Å². The maximum atomic E-state index is 14.6. The first-order chi connectivity index (χ1) is 15.3. The van der Waals surface area contributed by atoms with Gasteiger partial charge in [-0.2, -0.15) is 0 Å². The highest BCUT2D eigenvalue weighted by Crippen LogP contribution is 2.37. The van der Waals surface area contributed by atoms with E-state index in [0.717, 1.165) is 21.9 Å². The summed E-state index contributed by atoms with van der Waals surface area (Å²) in [6, 6.07) is 6.89. The lowest BCUT2D eigenvalue weighted by atomic mass is 9.99. The first kappa shape index (κ1) is 21.4. The van der Waals surface area contributed by atoms with Crippen LogP contribution in [0.25, 0.3) is 0 Å². The van der Waals surface area contributed by atoms with Crippen molar-refractivity contribution < 1.29 is 32.7 Å². The summed E-state index contributed by atoms with van der Waals surface area (Å²) < 4.78 is 41.6. The minimum Gasteiger partial charge on any atom is -0.465 e. The Morgan fingerprint density at radius 3 is 2.50 bits per heavy atom. The first-order valence-corrected chi connectivity index (χ1v) is 9.80. The van der Waals surface area contributed by atoms with Crippen LogP contribution in [0.4, 0.5) is 18.0 Å². The second-order valence-electron chi connectivity index (χ2n) is 7.42. The highest BCUT2D eigenvalue weighted by Gasteiger charge is 2.46. The fourth-order valence-corrected chi connectivity index (χ4v) is 3.88. The van der Waals surface area contributed by atoms with E-state index in [4.69, 9.17) is 0 Å². The molecule has 0 bridgehead atoms. The van der Waals surface area contributed by atoms with Gasteiger partial charge in [0.1, 0.15) is 29.3 Å². The van der Waals surface area contributed by atoms with E-state index in [1.807, 2.05) is 0 Å². The Balaban J connectivity index is 1.76. The van der Waals surface area contributed by atoms with Crippen LogP contribution in [-0.2, 0) is 16.0 Å². The molecular formula is C22H18F3N3O4. The van der Waals surface area contributed by atoms with Crippen molar-refractivity contribution in [2.45, 2.75) is 18.9 Å². The van der Waals surface area contributed by atoms with Gasteiger partial charge in [-0.25, -0.2) is 18.0 Å². The second-order valence-corrected chi connectivity index (χ2v) is 7.42. The van der Waals surface area contributed by atoms with Gasteiger partial charge in [-0.1, -0.05) is 18.2 Å². The monoisotopic (exact) mass is 445 g/mol. The van der Waals surface area contributed by atoms with Crippen molar-refractivity contribution in [1.82, 2.24) is 14.7 Å². The zero-order chi connectivity index (χ0) is 23.0. The van der Waals surface area contributed by atoms with Crippen LogP contribution >= 0.6 is 0 Å². The van der Waals surface area contributed by atoms with Crippen molar-refractivity contribution >= 4 is 17.9 Å². The first-order valence-electron chi connectivity index (χ1n) is 9.80. The molecule has 0 unspecified atom stereocenters. The summed E-state index contributed by atoms with van der Waals surface area (Å²) in [4.78, 5) is 40.8. The van der Waals surface area contributed by atoms with Crippen molar-refractivity contribution in [3.05, 3.63) is 83.1 Å². The summed E-state index contributed by atoms with van der Waals surface area (Å²) in [5, 5.41) is 9.58. The van der Waals surface area contributed by atoms with Gasteiger partial charge in [0.25, 0.3) is 5.91 Å². The molecule has 2 aliphatic rings. The fourth-order valence-electron chi connectivity index (χ4n) is 3.88. The van der Waals surface area contributed by atoms with E-state index in [1.165, 1.54) is 29.3 Å². The van der Waals surface area contributed by atoms with Crippen LogP contribution in [0.2, 0.25) is 0 Å². The lowest BCUT2D eigenvalue weighted by Crippen LogP contribution is -2.56. The van der Waals surface area contributed by atoms with Crippen LogP contribution in [0.1, 0.15) is 23.6 Å². The van der Waals surface area contributed by atoms with Gasteiger partial charge in [0, 0.05) is 37.3 Å². The predicted octanol–water partition coefficient (Wildman–Crippen LogP) is 3.24. The minimum atomic E-state index is -1.50. The van der Waals surface area contributed by atoms with Crippen LogP contribution in [0, 0.1) is 17.5 Å². The molecule has 1 fully saturated rings. The molecule has 32 heavy (non-hydrogen) atoms. The molecule has 1 atom stereocenters. The maximum absolute atomic E-state index is 14.6. The largest absolute Gasteiger partial charge is 0.465 e. The Labute approximate surface area is 180 Å². The Morgan fingerprint density at radius 2 is 1.81 bits per heavy atom. The fraction of sp³-hybridized carbons (Fsp3) is 0.227. The third kappa shape index (κ3) is 3.91. The van der Waals surface area contributed by atoms with E-state index >= 15 is 0 Å². The number of carbonyl (C=O) groups excluding carboxylic acids is 2. The van der Waals surface area contributed by atoms with Crippen LogP contribution in [-0.4, -0.2) is 50.8 Å². The summed E-state index contributed by atoms with van der Waals surface area (Å²) in [5.74, 6) is -3.67. The molecule has 1 N–H and O–H groups in total. The van der Waals surface area contributed by atoms with Crippen molar-refractivity contribution in [3.63, 3.8) is 0 Å². The molecule has 2 aromatic rings. The minimum absolute atomic E-state index is 0.0284. The average Bonchev–Trinajstić information content (AvgIpc) is 2.73. The molecule has 10 heteroatoms. The highest BCUT2D eigenvalue weighted by molar-refractivity contribution is 5.93. The molecule has 0 aromatic heterocycles. The van der Waals surface area contributed by atoms with E-state index in [9.17, 15) is 32.7 Å². The molecule has 166 valence electrons. The molecule has 4 rings (SSSR count). The lowest BCUT2D eigenvalue weighted by molar-refractivity contribution is -0.148. The molecular weight excluding hydrogens is 427 g/mol. The summed E-state index contributed by atoms with van der Waals surface area (Å²) >= 11 is 0. The van der Waals surface area contributed by atoms with Gasteiger partial charge < -0.3 is 10.0 Å². The standard InChI is InChI=1S/C22H18F3N3O4/c23-14-3-1-2-13(10-14)6-8-26-12-18-27(22(31)32)9-7-19(29)28(18)20(21(26)30)16-5-4-15(24)11-17(16)25/h1-5,10-12,20H,6-9H2,(H,31,32)/t20-/m0/s1.